The summed E-state index contributed by atoms with van der Waals surface area (Å²) in [6.45, 7) is 4.23. The van der Waals surface area contributed by atoms with Crippen LogP contribution >= 0.6 is 0 Å². The third-order valence-corrected chi connectivity index (χ3v) is 4.12. The number of carbonyl (C=O) groups is 2. The Hall–Kier alpha value is -3.28. The van der Waals surface area contributed by atoms with E-state index in [0.717, 1.165) is 31.8 Å². The minimum atomic E-state index is -1.02. The fraction of sp³-hybridized carbons (Fsp3) is 0.273. The zero-order valence-electron chi connectivity index (χ0n) is 15.6. The molecular weight excluding hydrogens is 360 g/mol. The molecule has 6 nitrogen and oxygen atoms in total. The first-order valence-electron chi connectivity index (χ1n) is 9.10. The van der Waals surface area contributed by atoms with Crippen LogP contribution in [0.2, 0.25) is 0 Å². The Morgan fingerprint density at radius 2 is 1.64 bits per heavy atom. The van der Waals surface area contributed by atoms with Crippen LogP contribution in [0.5, 0.6) is 11.5 Å². The molecule has 0 saturated carbocycles. The molecule has 28 heavy (non-hydrogen) atoms. The van der Waals surface area contributed by atoms with Gasteiger partial charge in [-0.1, -0.05) is 18.7 Å². The molecule has 0 aliphatic heterocycles. The number of esters is 1. The van der Waals surface area contributed by atoms with Crippen molar-refractivity contribution in [3.8, 4) is 22.6 Å². The molecule has 0 unspecified atom stereocenters. The van der Waals surface area contributed by atoms with Crippen LogP contribution in [0, 0.1) is 0 Å². The number of carbonyl (C=O) groups excluding carboxylic acids is 1. The standard InChI is InChI=1S/C22H24O6/c1-2-21(24)28-14-6-4-3-5-13-27-18-11-12-19(22(25)26)20(15-18)16-7-9-17(23)10-8-16/h2,7-12,15,23H,1,3-6,13-14H2,(H,25,26). The summed E-state index contributed by atoms with van der Waals surface area (Å²) in [5.41, 5.74) is 1.40. The van der Waals surface area contributed by atoms with Gasteiger partial charge in [-0.05, 0) is 67.1 Å². The van der Waals surface area contributed by atoms with E-state index < -0.39 is 11.9 Å². The highest BCUT2D eigenvalue weighted by molar-refractivity contribution is 5.96. The summed E-state index contributed by atoms with van der Waals surface area (Å²) in [7, 11) is 0. The number of phenols is 1. The summed E-state index contributed by atoms with van der Waals surface area (Å²) in [6.07, 6.45) is 4.63. The molecule has 0 atom stereocenters. The first kappa shape index (κ1) is 21.0. The second-order valence-corrected chi connectivity index (χ2v) is 6.19. The number of carboxylic acids is 1. The molecule has 6 heteroatoms. The van der Waals surface area contributed by atoms with Gasteiger partial charge in [-0.25, -0.2) is 9.59 Å². The smallest absolute Gasteiger partial charge is 0.336 e. The summed E-state index contributed by atoms with van der Waals surface area (Å²) in [5, 5.41) is 18.8. The Morgan fingerprint density at radius 3 is 2.29 bits per heavy atom. The van der Waals surface area contributed by atoms with Crippen molar-refractivity contribution >= 4 is 11.9 Å². The van der Waals surface area contributed by atoms with Crippen molar-refractivity contribution in [2.45, 2.75) is 25.7 Å². The van der Waals surface area contributed by atoms with E-state index in [1.165, 1.54) is 18.2 Å². The number of rotatable bonds is 11. The molecule has 2 rings (SSSR count). The zero-order chi connectivity index (χ0) is 20.4. The van der Waals surface area contributed by atoms with E-state index in [1.54, 1.807) is 24.3 Å². The van der Waals surface area contributed by atoms with Crippen molar-refractivity contribution in [3.63, 3.8) is 0 Å². The second kappa shape index (κ2) is 10.8. The Morgan fingerprint density at radius 1 is 0.964 bits per heavy atom. The maximum atomic E-state index is 11.5. The van der Waals surface area contributed by atoms with Crippen molar-refractivity contribution in [1.29, 1.82) is 0 Å². The third kappa shape index (κ3) is 6.46. The van der Waals surface area contributed by atoms with Gasteiger partial charge in [-0.2, -0.15) is 0 Å². The first-order chi connectivity index (χ1) is 13.5. The van der Waals surface area contributed by atoms with Crippen LogP contribution in [0.4, 0.5) is 0 Å². The number of ether oxygens (including phenoxy) is 2. The molecule has 0 bridgehead atoms. The van der Waals surface area contributed by atoms with E-state index >= 15 is 0 Å². The molecule has 0 heterocycles. The molecule has 0 amide bonds. The van der Waals surface area contributed by atoms with Crippen LogP contribution in [0.25, 0.3) is 11.1 Å². The quantitative estimate of drug-likeness (QED) is 0.338. The second-order valence-electron chi connectivity index (χ2n) is 6.19. The third-order valence-electron chi connectivity index (χ3n) is 4.12. The monoisotopic (exact) mass is 384 g/mol. The molecule has 0 radical (unpaired) electrons. The van der Waals surface area contributed by atoms with Gasteiger partial charge in [0.25, 0.3) is 0 Å². The fourth-order valence-electron chi connectivity index (χ4n) is 2.66. The maximum Gasteiger partial charge on any atom is 0.336 e. The number of aromatic hydroxyl groups is 1. The van der Waals surface area contributed by atoms with E-state index in [-0.39, 0.29) is 11.3 Å². The van der Waals surface area contributed by atoms with Crippen molar-refractivity contribution < 1.29 is 29.3 Å². The summed E-state index contributed by atoms with van der Waals surface area (Å²) in [6, 6.07) is 11.2. The lowest BCUT2D eigenvalue weighted by molar-refractivity contribution is -0.137. The van der Waals surface area contributed by atoms with Gasteiger partial charge in [0, 0.05) is 6.08 Å². The predicted octanol–water partition coefficient (Wildman–Crippen LogP) is 4.43. The van der Waals surface area contributed by atoms with Crippen molar-refractivity contribution in [1.82, 2.24) is 0 Å². The maximum absolute atomic E-state index is 11.5. The highest BCUT2D eigenvalue weighted by Crippen LogP contribution is 2.29. The van der Waals surface area contributed by atoms with Crippen LogP contribution in [-0.2, 0) is 9.53 Å². The van der Waals surface area contributed by atoms with Crippen molar-refractivity contribution in [2.24, 2.45) is 0 Å². The molecule has 0 saturated heterocycles. The van der Waals surface area contributed by atoms with Crippen LogP contribution < -0.4 is 4.74 Å². The lowest BCUT2D eigenvalue weighted by Gasteiger charge is -2.11. The van der Waals surface area contributed by atoms with E-state index in [4.69, 9.17) is 9.47 Å². The number of hydrogen-bond donors (Lipinski definition) is 2. The van der Waals surface area contributed by atoms with Crippen molar-refractivity contribution in [2.75, 3.05) is 13.2 Å². The fourth-order valence-corrected chi connectivity index (χ4v) is 2.66. The SMILES string of the molecule is C=CC(=O)OCCCCCCOc1ccc(C(=O)O)c(-c2ccc(O)cc2)c1. The van der Waals surface area contributed by atoms with Crippen LogP contribution in [0.15, 0.2) is 55.1 Å². The number of aromatic carboxylic acids is 1. The first-order valence-corrected chi connectivity index (χ1v) is 9.10. The van der Waals surface area contributed by atoms with Gasteiger partial charge in [-0.15, -0.1) is 0 Å². The number of unbranched alkanes of at least 4 members (excludes halogenated alkanes) is 3. The molecule has 0 fully saturated rings. The summed E-state index contributed by atoms with van der Waals surface area (Å²) < 4.78 is 10.7. The molecule has 0 aliphatic carbocycles. The van der Waals surface area contributed by atoms with Crippen LogP contribution in [-0.4, -0.2) is 35.4 Å². The predicted molar refractivity (Wildman–Crippen MR) is 106 cm³/mol. The van der Waals surface area contributed by atoms with Gasteiger partial charge in [0.05, 0.1) is 18.8 Å². The lowest BCUT2D eigenvalue weighted by atomic mass is 9.99. The Balaban J connectivity index is 1.86. The average molecular weight is 384 g/mol. The van der Waals surface area contributed by atoms with Gasteiger partial charge in [0.2, 0.25) is 0 Å². The summed E-state index contributed by atoms with van der Waals surface area (Å²) in [4.78, 5) is 22.4. The van der Waals surface area contributed by atoms with E-state index in [0.29, 0.717) is 30.1 Å². The number of benzene rings is 2. The average Bonchev–Trinajstić information content (AvgIpc) is 2.70. The van der Waals surface area contributed by atoms with E-state index in [9.17, 15) is 19.8 Å². The number of carboxylic acid groups (broad SMARTS) is 1. The topological polar surface area (TPSA) is 93.1 Å². The largest absolute Gasteiger partial charge is 0.508 e. The molecule has 0 aromatic heterocycles. The van der Waals surface area contributed by atoms with Gasteiger partial charge in [0.15, 0.2) is 0 Å². The van der Waals surface area contributed by atoms with Gasteiger partial charge in [0.1, 0.15) is 11.5 Å². The minimum Gasteiger partial charge on any atom is -0.508 e. The minimum absolute atomic E-state index is 0.118. The summed E-state index contributed by atoms with van der Waals surface area (Å²) >= 11 is 0. The van der Waals surface area contributed by atoms with Crippen LogP contribution in [0.3, 0.4) is 0 Å². The Bertz CT molecular complexity index is 810. The number of phenolic OH excluding ortho intramolecular Hbond substituents is 1. The zero-order valence-corrected chi connectivity index (χ0v) is 15.6. The molecular formula is C22H24O6. The molecule has 0 aliphatic rings. The molecule has 0 spiro atoms. The van der Waals surface area contributed by atoms with Gasteiger partial charge < -0.3 is 19.7 Å². The molecule has 2 N–H and O–H groups in total. The van der Waals surface area contributed by atoms with Crippen molar-refractivity contribution in [3.05, 3.63) is 60.7 Å². The molecule has 2 aromatic rings. The Labute approximate surface area is 164 Å². The van der Waals surface area contributed by atoms with Gasteiger partial charge in [-0.3, -0.25) is 0 Å². The van der Waals surface area contributed by atoms with Gasteiger partial charge >= 0.3 is 11.9 Å². The highest BCUT2D eigenvalue weighted by Gasteiger charge is 2.13. The molecule has 2 aromatic carbocycles. The number of hydrogen-bond acceptors (Lipinski definition) is 5. The van der Waals surface area contributed by atoms with Crippen LogP contribution in [0.1, 0.15) is 36.0 Å². The van der Waals surface area contributed by atoms with E-state index in [2.05, 4.69) is 6.58 Å². The normalized spacial score (nSPS) is 10.3. The van der Waals surface area contributed by atoms with E-state index in [1.807, 2.05) is 0 Å². The summed E-state index contributed by atoms with van der Waals surface area (Å²) in [5.74, 6) is -0.718. The Kier molecular flexibility index (Phi) is 8.09. The molecule has 148 valence electrons. The highest BCUT2D eigenvalue weighted by atomic mass is 16.5. The lowest BCUT2D eigenvalue weighted by Crippen LogP contribution is -2.03.